The fraction of sp³-hybridized carbons (Fsp3) is 0.200. The molecule has 0 aliphatic rings. The molecule has 0 saturated carbocycles. The Morgan fingerprint density at radius 2 is 2.19 bits per heavy atom. The summed E-state index contributed by atoms with van der Waals surface area (Å²) in [7, 11) is -4.08. The van der Waals surface area contributed by atoms with Crippen LogP contribution in [0.3, 0.4) is 0 Å². The summed E-state index contributed by atoms with van der Waals surface area (Å²) in [5.74, 6) is 0. The number of nitro groups is 1. The molecule has 0 amide bonds. The molecule has 11 heteroatoms. The van der Waals surface area contributed by atoms with Crippen molar-refractivity contribution in [1.82, 2.24) is 15.0 Å². The van der Waals surface area contributed by atoms with Gasteiger partial charge in [0.05, 0.1) is 23.4 Å². The van der Waals surface area contributed by atoms with Gasteiger partial charge < -0.3 is 5.32 Å². The van der Waals surface area contributed by atoms with Crippen molar-refractivity contribution in [3.63, 3.8) is 0 Å². The molecule has 3 N–H and O–H groups in total. The third kappa shape index (κ3) is 3.73. The van der Waals surface area contributed by atoms with Gasteiger partial charge in [0.2, 0.25) is 10.0 Å². The molecule has 0 unspecified atom stereocenters. The van der Waals surface area contributed by atoms with Gasteiger partial charge in [0.15, 0.2) is 0 Å². The highest BCUT2D eigenvalue weighted by atomic mass is 32.2. The summed E-state index contributed by atoms with van der Waals surface area (Å²) in [5, 5.41) is 26.0. The molecule has 10 nitrogen and oxygen atoms in total. The number of nitrogens with zero attached hydrogens (tertiary/aromatic N) is 4. The molecule has 2 rings (SSSR count). The second kappa shape index (κ2) is 5.85. The fourth-order valence-electron chi connectivity index (χ4n) is 1.66. The number of anilines is 1. The maximum atomic E-state index is 11.5. The Morgan fingerprint density at radius 1 is 1.43 bits per heavy atom. The molecule has 0 bridgehead atoms. The van der Waals surface area contributed by atoms with Crippen LogP contribution >= 0.6 is 0 Å². The Balaban J connectivity index is 2.20. The standard InChI is InChI=1S/C10H12N6O4S/c11-21(19,20)10-7-8(16(17)18)1-2-9(10)12-3-5-15-6-4-13-14-15/h1-2,4,6-7,12H,3,5H2,(H2,11,19,20). The second-order valence-corrected chi connectivity index (χ2v) is 5.61. The minimum absolute atomic E-state index is 0.197. The number of hydrogen-bond donors (Lipinski definition) is 2. The van der Waals surface area contributed by atoms with Crippen LogP contribution in [0.2, 0.25) is 0 Å². The smallest absolute Gasteiger partial charge is 0.270 e. The summed E-state index contributed by atoms with van der Waals surface area (Å²) in [4.78, 5) is 9.68. The predicted molar refractivity (Wildman–Crippen MR) is 73.0 cm³/mol. The molecular formula is C10H12N6O4S. The summed E-state index contributed by atoms with van der Waals surface area (Å²) in [5.41, 5.74) is -0.149. The topological polar surface area (TPSA) is 146 Å². The van der Waals surface area contributed by atoms with E-state index in [0.29, 0.717) is 13.1 Å². The third-order valence-electron chi connectivity index (χ3n) is 2.61. The van der Waals surface area contributed by atoms with Crippen LogP contribution in [0.15, 0.2) is 35.5 Å². The van der Waals surface area contributed by atoms with Crippen molar-refractivity contribution >= 4 is 21.4 Å². The van der Waals surface area contributed by atoms with E-state index < -0.39 is 14.9 Å². The van der Waals surface area contributed by atoms with Crippen LogP contribution in [0.25, 0.3) is 0 Å². The van der Waals surface area contributed by atoms with Gasteiger partial charge in [-0.05, 0) is 6.07 Å². The van der Waals surface area contributed by atoms with Crippen molar-refractivity contribution in [2.24, 2.45) is 5.14 Å². The lowest BCUT2D eigenvalue weighted by Crippen LogP contribution is -2.17. The zero-order valence-electron chi connectivity index (χ0n) is 10.7. The average molecular weight is 312 g/mol. The highest BCUT2D eigenvalue weighted by Crippen LogP contribution is 2.25. The van der Waals surface area contributed by atoms with E-state index in [2.05, 4.69) is 15.6 Å². The maximum Gasteiger partial charge on any atom is 0.270 e. The van der Waals surface area contributed by atoms with E-state index in [4.69, 9.17) is 5.14 Å². The highest BCUT2D eigenvalue weighted by molar-refractivity contribution is 7.89. The number of sulfonamides is 1. The van der Waals surface area contributed by atoms with Gasteiger partial charge in [-0.15, -0.1) is 5.10 Å². The lowest BCUT2D eigenvalue weighted by Gasteiger charge is -2.10. The summed E-state index contributed by atoms with van der Waals surface area (Å²) in [6.45, 7) is 0.796. The Bertz CT molecular complexity index is 743. The van der Waals surface area contributed by atoms with E-state index in [1.165, 1.54) is 18.3 Å². The number of non-ortho nitro benzene ring substituents is 1. The lowest BCUT2D eigenvalue weighted by molar-refractivity contribution is -0.385. The lowest BCUT2D eigenvalue weighted by atomic mass is 10.3. The summed E-state index contributed by atoms with van der Waals surface area (Å²) in [6, 6.07) is 3.43. The van der Waals surface area contributed by atoms with Gasteiger partial charge in [-0.1, -0.05) is 5.21 Å². The van der Waals surface area contributed by atoms with Crippen LogP contribution in [0.5, 0.6) is 0 Å². The molecular weight excluding hydrogens is 300 g/mol. The molecule has 0 aliphatic heterocycles. The average Bonchev–Trinajstić information content (AvgIpc) is 2.90. The van der Waals surface area contributed by atoms with Crippen LogP contribution in [0.4, 0.5) is 11.4 Å². The van der Waals surface area contributed by atoms with Gasteiger partial charge >= 0.3 is 0 Å². The Hall–Kier alpha value is -2.53. The minimum atomic E-state index is -4.08. The molecule has 0 spiro atoms. The van der Waals surface area contributed by atoms with E-state index >= 15 is 0 Å². The SMILES string of the molecule is NS(=O)(=O)c1cc([N+](=O)[O-])ccc1NCCn1ccnn1. The van der Waals surface area contributed by atoms with Crippen LogP contribution < -0.4 is 10.5 Å². The van der Waals surface area contributed by atoms with Crippen LogP contribution in [-0.2, 0) is 16.6 Å². The second-order valence-electron chi connectivity index (χ2n) is 4.08. The van der Waals surface area contributed by atoms with Gasteiger partial charge in [-0.3, -0.25) is 14.8 Å². The molecule has 2 aromatic rings. The molecule has 0 radical (unpaired) electrons. The monoisotopic (exact) mass is 312 g/mol. The van der Waals surface area contributed by atoms with Crippen molar-refractivity contribution in [2.45, 2.75) is 11.4 Å². The van der Waals surface area contributed by atoms with Crippen LogP contribution in [0.1, 0.15) is 0 Å². The fourth-order valence-corrected chi connectivity index (χ4v) is 2.39. The number of nitrogens with one attached hydrogen (secondary N) is 1. The molecule has 0 atom stereocenters. The molecule has 1 aromatic carbocycles. The normalized spacial score (nSPS) is 11.3. The first-order valence-electron chi connectivity index (χ1n) is 5.77. The van der Waals surface area contributed by atoms with Crippen molar-refractivity contribution in [3.8, 4) is 0 Å². The largest absolute Gasteiger partial charge is 0.382 e. The minimum Gasteiger partial charge on any atom is -0.382 e. The number of benzene rings is 1. The molecule has 0 fully saturated rings. The van der Waals surface area contributed by atoms with Crippen molar-refractivity contribution in [3.05, 3.63) is 40.7 Å². The molecule has 0 saturated heterocycles. The zero-order chi connectivity index (χ0) is 15.5. The molecule has 1 heterocycles. The molecule has 0 aliphatic carbocycles. The van der Waals surface area contributed by atoms with E-state index in [1.807, 2.05) is 0 Å². The van der Waals surface area contributed by atoms with Gasteiger partial charge in [0.1, 0.15) is 4.90 Å². The molecule has 112 valence electrons. The number of nitro benzene ring substituents is 1. The van der Waals surface area contributed by atoms with Gasteiger partial charge in [-0.25, -0.2) is 13.6 Å². The van der Waals surface area contributed by atoms with Crippen molar-refractivity contribution in [1.29, 1.82) is 0 Å². The highest BCUT2D eigenvalue weighted by Gasteiger charge is 2.18. The summed E-state index contributed by atoms with van der Waals surface area (Å²) in [6.07, 6.45) is 3.17. The third-order valence-corrected chi connectivity index (χ3v) is 3.56. The van der Waals surface area contributed by atoms with Gasteiger partial charge in [-0.2, -0.15) is 0 Å². The summed E-state index contributed by atoms with van der Waals surface area (Å²) < 4.78 is 24.6. The number of primary sulfonamides is 1. The van der Waals surface area contributed by atoms with Gasteiger partial charge in [0.25, 0.3) is 5.69 Å². The van der Waals surface area contributed by atoms with Crippen molar-refractivity contribution < 1.29 is 13.3 Å². The first-order chi connectivity index (χ1) is 9.88. The van der Waals surface area contributed by atoms with E-state index in [9.17, 15) is 18.5 Å². The van der Waals surface area contributed by atoms with Crippen LogP contribution in [-0.4, -0.2) is 34.9 Å². The maximum absolute atomic E-state index is 11.5. The first-order valence-corrected chi connectivity index (χ1v) is 7.32. The molecule has 21 heavy (non-hydrogen) atoms. The summed E-state index contributed by atoms with van der Waals surface area (Å²) >= 11 is 0. The number of rotatable bonds is 6. The van der Waals surface area contributed by atoms with E-state index in [0.717, 1.165) is 6.07 Å². The number of nitrogens with two attached hydrogens (primary N) is 1. The Morgan fingerprint density at radius 3 is 2.76 bits per heavy atom. The van der Waals surface area contributed by atoms with Gasteiger partial charge in [0, 0.05) is 24.9 Å². The zero-order valence-corrected chi connectivity index (χ0v) is 11.5. The Labute approximate surface area is 119 Å². The number of aromatic nitrogens is 3. The first kappa shape index (κ1) is 14.9. The van der Waals surface area contributed by atoms with Crippen LogP contribution in [0, 0.1) is 10.1 Å². The van der Waals surface area contributed by atoms with E-state index in [1.54, 1.807) is 10.9 Å². The van der Waals surface area contributed by atoms with Crippen molar-refractivity contribution in [2.75, 3.05) is 11.9 Å². The predicted octanol–water partition coefficient (Wildman–Crippen LogP) is -0.0542. The number of hydrogen-bond acceptors (Lipinski definition) is 7. The Kier molecular flexibility index (Phi) is 4.14. The van der Waals surface area contributed by atoms with E-state index in [-0.39, 0.29) is 16.3 Å². The molecule has 1 aromatic heterocycles. The quantitative estimate of drug-likeness (QED) is 0.561.